The van der Waals surface area contributed by atoms with E-state index in [2.05, 4.69) is 6.07 Å². The molecule has 1 saturated heterocycles. The maximum atomic E-state index is 12.5. The number of carbonyl (C=O) groups excluding carboxylic acids is 1. The zero-order valence-corrected chi connectivity index (χ0v) is 13.1. The van der Waals surface area contributed by atoms with Gasteiger partial charge in [-0.05, 0) is 25.7 Å². The van der Waals surface area contributed by atoms with Crippen LogP contribution in [-0.4, -0.2) is 53.1 Å². The molecule has 0 unspecified atom stereocenters. The fraction of sp³-hybridized carbons (Fsp3) is 0.800. The van der Waals surface area contributed by atoms with E-state index in [1.165, 1.54) is 0 Å². The molecule has 1 aliphatic heterocycles. The van der Waals surface area contributed by atoms with Crippen molar-refractivity contribution in [3.05, 3.63) is 0 Å². The van der Waals surface area contributed by atoms with Crippen LogP contribution in [0.15, 0.2) is 0 Å². The van der Waals surface area contributed by atoms with Crippen LogP contribution in [0.2, 0.25) is 0 Å². The summed E-state index contributed by atoms with van der Waals surface area (Å²) in [6, 6.07) is 1.99. The van der Waals surface area contributed by atoms with Gasteiger partial charge in [-0.3, -0.25) is 4.79 Å². The van der Waals surface area contributed by atoms with Gasteiger partial charge in [0.1, 0.15) is 0 Å². The summed E-state index contributed by atoms with van der Waals surface area (Å²) in [6.45, 7) is 7.77. The van der Waals surface area contributed by atoms with E-state index in [1.807, 2.05) is 13.8 Å². The number of aliphatic carboxylic acids is 1. The predicted molar refractivity (Wildman–Crippen MR) is 78.6 cm³/mol. The summed E-state index contributed by atoms with van der Waals surface area (Å²) in [4.78, 5) is 27.2. The van der Waals surface area contributed by atoms with Crippen LogP contribution in [0.3, 0.4) is 0 Å². The molecule has 6 nitrogen and oxygen atoms in total. The zero-order valence-electron chi connectivity index (χ0n) is 13.1. The van der Waals surface area contributed by atoms with Gasteiger partial charge in [-0.1, -0.05) is 13.8 Å². The van der Waals surface area contributed by atoms with Crippen molar-refractivity contribution >= 4 is 12.0 Å². The van der Waals surface area contributed by atoms with Crippen LogP contribution in [-0.2, 0) is 4.79 Å². The second kappa shape index (κ2) is 7.30. The number of likely N-dealkylation sites (tertiary alicyclic amines) is 1. The van der Waals surface area contributed by atoms with E-state index in [4.69, 9.17) is 5.26 Å². The average molecular weight is 295 g/mol. The molecule has 1 fully saturated rings. The molecule has 0 aromatic rings. The fourth-order valence-electron chi connectivity index (χ4n) is 2.50. The molecule has 1 rings (SSSR count). The summed E-state index contributed by atoms with van der Waals surface area (Å²) in [5.41, 5.74) is -0.730. The highest BCUT2D eigenvalue weighted by molar-refractivity contribution is 5.77. The molecule has 21 heavy (non-hydrogen) atoms. The van der Waals surface area contributed by atoms with Gasteiger partial charge in [-0.15, -0.1) is 0 Å². The number of rotatable bonds is 5. The Labute approximate surface area is 126 Å². The molecule has 0 aromatic heterocycles. The van der Waals surface area contributed by atoms with Gasteiger partial charge in [0.2, 0.25) is 0 Å². The third kappa shape index (κ3) is 4.62. The van der Waals surface area contributed by atoms with E-state index in [1.54, 1.807) is 16.7 Å². The van der Waals surface area contributed by atoms with Gasteiger partial charge < -0.3 is 14.9 Å². The van der Waals surface area contributed by atoms with Crippen molar-refractivity contribution in [3.63, 3.8) is 0 Å². The first kappa shape index (κ1) is 17.3. The Morgan fingerprint density at radius 3 is 2.38 bits per heavy atom. The van der Waals surface area contributed by atoms with E-state index < -0.39 is 11.4 Å². The maximum absolute atomic E-state index is 12.5. The molecule has 1 heterocycles. The summed E-state index contributed by atoms with van der Waals surface area (Å²) in [6.07, 6.45) is 1.27. The molecule has 0 bridgehead atoms. The van der Waals surface area contributed by atoms with Crippen molar-refractivity contribution in [1.82, 2.24) is 9.80 Å². The summed E-state index contributed by atoms with van der Waals surface area (Å²) < 4.78 is 0. The Morgan fingerprint density at radius 2 is 1.95 bits per heavy atom. The number of amides is 2. The fourth-order valence-corrected chi connectivity index (χ4v) is 2.50. The minimum absolute atomic E-state index is 0.0774. The van der Waals surface area contributed by atoms with Crippen molar-refractivity contribution < 1.29 is 14.7 Å². The normalized spacial score (nSPS) is 17.4. The van der Waals surface area contributed by atoms with Crippen LogP contribution >= 0.6 is 0 Å². The monoisotopic (exact) mass is 295 g/mol. The van der Waals surface area contributed by atoms with Gasteiger partial charge in [0.15, 0.2) is 0 Å². The second-order valence-electron chi connectivity index (χ2n) is 6.38. The highest BCUT2D eigenvalue weighted by atomic mass is 16.4. The smallest absolute Gasteiger partial charge is 0.320 e. The van der Waals surface area contributed by atoms with E-state index >= 15 is 0 Å². The van der Waals surface area contributed by atoms with Crippen LogP contribution in [0.1, 0.15) is 40.0 Å². The number of nitriles is 1. The zero-order chi connectivity index (χ0) is 16.0. The van der Waals surface area contributed by atoms with Crippen LogP contribution in [0.5, 0.6) is 0 Å². The minimum Gasteiger partial charge on any atom is -0.481 e. The third-order valence-electron chi connectivity index (χ3n) is 4.00. The van der Waals surface area contributed by atoms with Crippen molar-refractivity contribution in [1.29, 1.82) is 5.26 Å². The topological polar surface area (TPSA) is 84.6 Å². The molecular weight excluding hydrogens is 270 g/mol. The molecule has 1 N–H and O–H groups in total. The maximum Gasteiger partial charge on any atom is 0.320 e. The lowest BCUT2D eigenvalue weighted by Gasteiger charge is -2.39. The number of carbonyl (C=O) groups is 2. The number of hydrogen-bond acceptors (Lipinski definition) is 3. The molecule has 0 atom stereocenters. The summed E-state index contributed by atoms with van der Waals surface area (Å²) >= 11 is 0. The third-order valence-corrected chi connectivity index (χ3v) is 4.00. The van der Waals surface area contributed by atoms with Gasteiger partial charge in [0.25, 0.3) is 0 Å². The number of hydrogen-bond donors (Lipinski definition) is 1. The van der Waals surface area contributed by atoms with Gasteiger partial charge >= 0.3 is 12.0 Å². The van der Waals surface area contributed by atoms with Crippen LogP contribution in [0, 0.1) is 22.7 Å². The lowest BCUT2D eigenvalue weighted by Crippen LogP contribution is -2.50. The van der Waals surface area contributed by atoms with Crippen LogP contribution in [0.4, 0.5) is 4.79 Å². The highest BCUT2D eigenvalue weighted by Gasteiger charge is 2.38. The standard InChI is InChI=1S/C15H25N3O3/c1-12(2)11-18(8-4-7-16)14(21)17-9-5-15(3,6-10-17)13(19)20/h12H,4-6,8-11H2,1-3H3,(H,19,20). The first-order valence-electron chi connectivity index (χ1n) is 7.44. The summed E-state index contributed by atoms with van der Waals surface area (Å²) in [5, 5.41) is 17.9. The largest absolute Gasteiger partial charge is 0.481 e. The first-order valence-corrected chi connectivity index (χ1v) is 7.44. The van der Waals surface area contributed by atoms with Crippen molar-refractivity contribution in [2.75, 3.05) is 26.2 Å². The summed E-state index contributed by atoms with van der Waals surface area (Å²) in [5.74, 6) is -0.458. The number of urea groups is 1. The summed E-state index contributed by atoms with van der Waals surface area (Å²) in [7, 11) is 0. The molecule has 0 aliphatic carbocycles. The van der Waals surface area contributed by atoms with E-state index in [9.17, 15) is 14.7 Å². The SMILES string of the molecule is CC(C)CN(CCC#N)C(=O)N1CCC(C)(C(=O)O)CC1. The van der Waals surface area contributed by atoms with E-state index in [0.29, 0.717) is 51.4 Å². The van der Waals surface area contributed by atoms with Gasteiger partial charge in [0.05, 0.1) is 17.9 Å². The molecule has 2 amide bonds. The van der Waals surface area contributed by atoms with Crippen molar-refractivity contribution in [2.24, 2.45) is 11.3 Å². The Morgan fingerprint density at radius 1 is 1.38 bits per heavy atom. The Kier molecular flexibility index (Phi) is 6.01. The second-order valence-corrected chi connectivity index (χ2v) is 6.38. The van der Waals surface area contributed by atoms with Crippen molar-refractivity contribution in [2.45, 2.75) is 40.0 Å². The van der Waals surface area contributed by atoms with E-state index in [0.717, 1.165) is 0 Å². The molecule has 1 aliphatic rings. The minimum atomic E-state index is -0.793. The van der Waals surface area contributed by atoms with Gasteiger partial charge in [-0.25, -0.2) is 4.79 Å². The molecule has 6 heteroatoms. The highest BCUT2D eigenvalue weighted by Crippen LogP contribution is 2.31. The molecule has 0 aromatic carbocycles. The Hall–Kier alpha value is -1.77. The molecule has 0 spiro atoms. The number of carboxylic acids is 1. The van der Waals surface area contributed by atoms with Crippen molar-refractivity contribution in [3.8, 4) is 6.07 Å². The molecule has 0 saturated carbocycles. The first-order chi connectivity index (χ1) is 9.80. The van der Waals surface area contributed by atoms with Crippen LogP contribution < -0.4 is 0 Å². The molecular formula is C15H25N3O3. The lowest BCUT2D eigenvalue weighted by molar-refractivity contribution is -0.150. The Bertz CT molecular complexity index is 420. The van der Waals surface area contributed by atoms with Crippen LogP contribution in [0.25, 0.3) is 0 Å². The predicted octanol–water partition coefficient (Wildman–Crippen LogP) is 2.16. The Balaban J connectivity index is 2.65. The number of piperidine rings is 1. The quantitative estimate of drug-likeness (QED) is 0.842. The lowest BCUT2D eigenvalue weighted by atomic mass is 9.80. The van der Waals surface area contributed by atoms with Gasteiger partial charge in [0, 0.05) is 26.2 Å². The molecule has 0 radical (unpaired) electrons. The van der Waals surface area contributed by atoms with E-state index in [-0.39, 0.29) is 6.03 Å². The van der Waals surface area contributed by atoms with Gasteiger partial charge in [-0.2, -0.15) is 5.26 Å². The number of carboxylic acid groups (broad SMARTS) is 1. The number of nitrogens with zero attached hydrogens (tertiary/aromatic N) is 3. The molecule has 118 valence electrons. The average Bonchev–Trinajstić information content (AvgIpc) is 2.43.